The van der Waals surface area contributed by atoms with Gasteiger partial charge in [-0.2, -0.15) is 4.98 Å². The van der Waals surface area contributed by atoms with Crippen LogP contribution in [-0.4, -0.2) is 27.7 Å². The van der Waals surface area contributed by atoms with Gasteiger partial charge in [0.15, 0.2) is 0 Å². The molecule has 5 nitrogen and oxygen atoms in total. The van der Waals surface area contributed by atoms with Crippen LogP contribution in [0.5, 0.6) is 0 Å². The third-order valence-corrected chi connectivity index (χ3v) is 4.42. The Bertz CT molecular complexity index is 875. The number of benzene rings is 2. The highest BCUT2D eigenvalue weighted by Gasteiger charge is 2.11. The number of aryl methyl sites for hydroxylation is 2. The van der Waals surface area contributed by atoms with E-state index in [9.17, 15) is 5.11 Å². The molecule has 0 radical (unpaired) electrons. The van der Waals surface area contributed by atoms with Crippen molar-refractivity contribution >= 4 is 28.4 Å². The van der Waals surface area contributed by atoms with Crippen molar-refractivity contribution in [3.05, 3.63) is 53.6 Å². The molecule has 1 heterocycles. The minimum atomic E-state index is -0.0345. The molecule has 0 aliphatic rings. The largest absolute Gasteiger partial charge is 0.394 e. The van der Waals surface area contributed by atoms with Crippen LogP contribution in [0.3, 0.4) is 0 Å². The first-order valence-corrected chi connectivity index (χ1v) is 8.59. The molecule has 3 N–H and O–H groups in total. The van der Waals surface area contributed by atoms with Crippen molar-refractivity contribution in [2.45, 2.75) is 33.2 Å². The smallest absolute Gasteiger partial charge is 0.229 e. The van der Waals surface area contributed by atoms with E-state index in [4.69, 9.17) is 0 Å². The molecule has 3 aromatic rings. The van der Waals surface area contributed by atoms with Gasteiger partial charge in [0, 0.05) is 11.1 Å². The number of rotatable bonds is 6. The summed E-state index contributed by atoms with van der Waals surface area (Å²) in [5, 5.41) is 17.1. The molecule has 3 rings (SSSR count). The van der Waals surface area contributed by atoms with Gasteiger partial charge in [-0.25, -0.2) is 4.98 Å². The van der Waals surface area contributed by atoms with Gasteiger partial charge in [0.25, 0.3) is 0 Å². The maximum atomic E-state index is 9.50. The van der Waals surface area contributed by atoms with Crippen LogP contribution < -0.4 is 10.6 Å². The lowest BCUT2D eigenvalue weighted by molar-refractivity contribution is 0.271. The van der Waals surface area contributed by atoms with Crippen LogP contribution >= 0.6 is 0 Å². The zero-order valence-corrected chi connectivity index (χ0v) is 14.9. The maximum Gasteiger partial charge on any atom is 0.229 e. The number of hydrogen-bond acceptors (Lipinski definition) is 5. The zero-order valence-electron chi connectivity index (χ0n) is 14.9. The molecule has 5 heteroatoms. The van der Waals surface area contributed by atoms with E-state index in [1.54, 1.807) is 0 Å². The fraction of sp³-hybridized carbons (Fsp3) is 0.300. The molecule has 25 heavy (non-hydrogen) atoms. The summed E-state index contributed by atoms with van der Waals surface area (Å²) in [5.41, 5.74) is 4.29. The second-order valence-electron chi connectivity index (χ2n) is 6.27. The van der Waals surface area contributed by atoms with E-state index < -0.39 is 0 Å². The minimum Gasteiger partial charge on any atom is -0.394 e. The number of hydrogen-bond donors (Lipinski definition) is 3. The molecule has 2 aromatic carbocycles. The Labute approximate surface area is 148 Å². The number of nitrogens with zero attached hydrogens (tertiary/aromatic N) is 2. The Morgan fingerprint density at radius 3 is 2.56 bits per heavy atom. The van der Waals surface area contributed by atoms with E-state index in [-0.39, 0.29) is 12.6 Å². The molecule has 0 aliphatic carbocycles. The molecule has 0 spiro atoms. The molecule has 1 aromatic heterocycles. The van der Waals surface area contributed by atoms with Gasteiger partial charge in [0.05, 0.1) is 18.2 Å². The number of aromatic nitrogens is 2. The monoisotopic (exact) mass is 336 g/mol. The molecule has 1 unspecified atom stereocenters. The summed E-state index contributed by atoms with van der Waals surface area (Å²) in [6.07, 6.45) is 0.814. The van der Waals surface area contributed by atoms with E-state index in [1.165, 1.54) is 11.1 Å². The SMILES string of the molecule is CCC(CO)Nc1nc(Nc2ccc(C)c(C)c2)nc2ccccc12. The summed E-state index contributed by atoms with van der Waals surface area (Å²) in [7, 11) is 0. The molecule has 0 amide bonds. The second kappa shape index (κ2) is 7.49. The van der Waals surface area contributed by atoms with E-state index in [0.717, 1.165) is 28.8 Å². The number of aliphatic hydroxyl groups is 1. The maximum absolute atomic E-state index is 9.50. The quantitative estimate of drug-likeness (QED) is 0.630. The third kappa shape index (κ3) is 3.88. The van der Waals surface area contributed by atoms with Gasteiger partial charge in [-0.3, -0.25) is 0 Å². The van der Waals surface area contributed by atoms with Crippen LogP contribution in [0.2, 0.25) is 0 Å². The van der Waals surface area contributed by atoms with Crippen molar-refractivity contribution in [1.82, 2.24) is 9.97 Å². The average molecular weight is 336 g/mol. The van der Waals surface area contributed by atoms with Crippen molar-refractivity contribution in [2.75, 3.05) is 17.2 Å². The predicted molar refractivity (Wildman–Crippen MR) is 104 cm³/mol. The first-order valence-electron chi connectivity index (χ1n) is 8.59. The number of aliphatic hydroxyl groups excluding tert-OH is 1. The normalized spacial score (nSPS) is 12.2. The van der Waals surface area contributed by atoms with Crippen LogP contribution in [0.1, 0.15) is 24.5 Å². The second-order valence-corrected chi connectivity index (χ2v) is 6.27. The van der Waals surface area contributed by atoms with Gasteiger partial charge in [0.1, 0.15) is 5.82 Å². The molecule has 0 aliphatic heterocycles. The fourth-order valence-electron chi connectivity index (χ4n) is 2.66. The summed E-state index contributed by atoms with van der Waals surface area (Å²) in [4.78, 5) is 9.26. The van der Waals surface area contributed by atoms with Crippen LogP contribution in [-0.2, 0) is 0 Å². The summed E-state index contributed by atoms with van der Waals surface area (Å²) >= 11 is 0. The lowest BCUT2D eigenvalue weighted by Gasteiger charge is -2.17. The molecule has 1 atom stereocenters. The molecular weight excluding hydrogens is 312 g/mol. The van der Waals surface area contributed by atoms with Crippen molar-refractivity contribution in [2.24, 2.45) is 0 Å². The molecular formula is C20H24N4O. The van der Waals surface area contributed by atoms with Gasteiger partial charge in [-0.15, -0.1) is 0 Å². The van der Waals surface area contributed by atoms with Crippen molar-refractivity contribution < 1.29 is 5.11 Å². The molecule has 0 fully saturated rings. The number of nitrogens with one attached hydrogen (secondary N) is 2. The Morgan fingerprint density at radius 2 is 1.84 bits per heavy atom. The van der Waals surface area contributed by atoms with Crippen molar-refractivity contribution in [3.8, 4) is 0 Å². The zero-order chi connectivity index (χ0) is 17.8. The lowest BCUT2D eigenvalue weighted by atomic mass is 10.1. The standard InChI is InChI=1S/C20H24N4O/c1-4-15(12-25)21-19-17-7-5-6-8-18(17)23-20(24-19)22-16-10-9-13(2)14(3)11-16/h5-11,15,25H,4,12H2,1-3H3,(H2,21,22,23,24). The predicted octanol–water partition coefficient (Wildman–Crippen LogP) is 4.17. The Hall–Kier alpha value is -2.66. The first kappa shape index (κ1) is 17.2. The molecule has 0 saturated carbocycles. The fourth-order valence-corrected chi connectivity index (χ4v) is 2.66. The first-order chi connectivity index (χ1) is 12.1. The van der Waals surface area contributed by atoms with Crippen LogP contribution in [0.4, 0.5) is 17.5 Å². The Kier molecular flexibility index (Phi) is 5.14. The summed E-state index contributed by atoms with van der Waals surface area (Å²) in [6.45, 7) is 6.27. The summed E-state index contributed by atoms with van der Waals surface area (Å²) < 4.78 is 0. The number of anilines is 3. The van der Waals surface area contributed by atoms with Crippen molar-refractivity contribution in [3.63, 3.8) is 0 Å². The molecule has 130 valence electrons. The highest BCUT2D eigenvalue weighted by Crippen LogP contribution is 2.25. The number of para-hydroxylation sites is 1. The Balaban J connectivity index is 1.99. The third-order valence-electron chi connectivity index (χ3n) is 4.42. The van der Waals surface area contributed by atoms with Crippen molar-refractivity contribution in [1.29, 1.82) is 0 Å². The Morgan fingerprint density at radius 1 is 1.04 bits per heavy atom. The van der Waals surface area contributed by atoms with Gasteiger partial charge >= 0.3 is 0 Å². The minimum absolute atomic E-state index is 0.0345. The van der Waals surface area contributed by atoms with Gasteiger partial charge < -0.3 is 15.7 Å². The van der Waals surface area contributed by atoms with E-state index in [1.807, 2.05) is 37.3 Å². The molecule has 0 saturated heterocycles. The van der Waals surface area contributed by atoms with E-state index in [0.29, 0.717) is 5.95 Å². The lowest BCUT2D eigenvalue weighted by Crippen LogP contribution is -2.23. The number of fused-ring (bicyclic) bond motifs is 1. The van der Waals surface area contributed by atoms with Gasteiger partial charge in [0.2, 0.25) is 5.95 Å². The van der Waals surface area contributed by atoms with Crippen LogP contribution in [0.25, 0.3) is 10.9 Å². The average Bonchev–Trinajstić information content (AvgIpc) is 2.62. The summed E-state index contributed by atoms with van der Waals surface area (Å²) in [5.74, 6) is 1.27. The highest BCUT2D eigenvalue weighted by molar-refractivity contribution is 5.90. The van der Waals surface area contributed by atoms with Gasteiger partial charge in [-0.1, -0.05) is 25.1 Å². The molecule has 0 bridgehead atoms. The van der Waals surface area contributed by atoms with Crippen LogP contribution in [0.15, 0.2) is 42.5 Å². The van der Waals surface area contributed by atoms with E-state index >= 15 is 0 Å². The van der Waals surface area contributed by atoms with Gasteiger partial charge in [-0.05, 0) is 55.7 Å². The summed E-state index contributed by atoms with van der Waals surface area (Å²) in [6, 6.07) is 14.0. The highest BCUT2D eigenvalue weighted by atomic mass is 16.3. The van der Waals surface area contributed by atoms with Crippen LogP contribution in [0, 0.1) is 13.8 Å². The van der Waals surface area contributed by atoms with E-state index in [2.05, 4.69) is 46.6 Å². The topological polar surface area (TPSA) is 70.1 Å².